The first-order chi connectivity index (χ1) is 8.76. The molecule has 0 aliphatic carbocycles. The van der Waals surface area contributed by atoms with Crippen molar-refractivity contribution in [1.29, 1.82) is 0 Å². The fourth-order valence-electron chi connectivity index (χ4n) is 2.64. The monoisotopic (exact) mass is 271 g/mol. The fourth-order valence-corrected chi connectivity index (χ4v) is 2.64. The highest BCUT2D eigenvalue weighted by Crippen LogP contribution is 2.45. The number of ketones is 1. The second kappa shape index (κ2) is 4.63. The Hall–Kier alpha value is -1.36. The zero-order chi connectivity index (χ0) is 14.3. The lowest BCUT2D eigenvalue weighted by molar-refractivity contribution is -0.197. The van der Waals surface area contributed by atoms with Crippen LogP contribution in [-0.2, 0) is 0 Å². The summed E-state index contributed by atoms with van der Waals surface area (Å²) < 4.78 is 39.9. The van der Waals surface area contributed by atoms with Crippen LogP contribution in [0, 0.1) is 19.3 Å². The summed E-state index contributed by atoms with van der Waals surface area (Å²) in [5.41, 5.74) is -0.524. The molecule has 1 heterocycles. The largest absolute Gasteiger partial charge is 0.402 e. The van der Waals surface area contributed by atoms with E-state index in [1.54, 1.807) is 13.8 Å². The van der Waals surface area contributed by atoms with Crippen molar-refractivity contribution in [2.45, 2.75) is 26.4 Å². The van der Waals surface area contributed by atoms with Crippen LogP contribution >= 0.6 is 0 Å². The molecule has 0 saturated carbocycles. The summed E-state index contributed by atoms with van der Waals surface area (Å²) in [6.07, 6.45) is -4.71. The fraction of sp³-hybridized carbons (Fsp3) is 0.500. The van der Waals surface area contributed by atoms with Crippen LogP contribution in [0.25, 0.3) is 0 Å². The second-order valence-corrected chi connectivity index (χ2v) is 5.21. The molecule has 1 unspecified atom stereocenters. The van der Waals surface area contributed by atoms with Crippen molar-refractivity contribution in [3.05, 3.63) is 34.9 Å². The van der Waals surface area contributed by atoms with Crippen LogP contribution in [-0.4, -0.2) is 25.0 Å². The minimum Gasteiger partial charge on any atom is -0.315 e. The summed E-state index contributed by atoms with van der Waals surface area (Å²) in [7, 11) is 0. The molecule has 2 nitrogen and oxygen atoms in total. The molecule has 1 fully saturated rings. The lowest BCUT2D eigenvalue weighted by atomic mass is 9.78. The zero-order valence-corrected chi connectivity index (χ0v) is 10.9. The van der Waals surface area contributed by atoms with Crippen molar-refractivity contribution in [3.63, 3.8) is 0 Å². The Kier molecular flexibility index (Phi) is 3.43. The van der Waals surface area contributed by atoms with Gasteiger partial charge in [0.1, 0.15) is 5.41 Å². The maximum Gasteiger partial charge on any atom is 0.402 e. The quantitative estimate of drug-likeness (QED) is 0.838. The van der Waals surface area contributed by atoms with E-state index < -0.39 is 17.4 Å². The summed E-state index contributed by atoms with van der Waals surface area (Å²) in [5, 5.41) is 2.66. The molecule has 0 bridgehead atoms. The van der Waals surface area contributed by atoms with Crippen molar-refractivity contribution in [2.75, 3.05) is 13.1 Å². The first-order valence-corrected chi connectivity index (χ1v) is 6.17. The van der Waals surface area contributed by atoms with E-state index in [-0.39, 0.29) is 25.1 Å². The van der Waals surface area contributed by atoms with Gasteiger partial charge in [-0.15, -0.1) is 0 Å². The van der Waals surface area contributed by atoms with E-state index in [0.29, 0.717) is 0 Å². The summed E-state index contributed by atoms with van der Waals surface area (Å²) in [4.78, 5) is 12.4. The van der Waals surface area contributed by atoms with Crippen molar-refractivity contribution in [3.8, 4) is 0 Å². The molecule has 5 heteroatoms. The Bertz CT molecular complexity index is 482. The Morgan fingerprint density at radius 3 is 2.21 bits per heavy atom. The summed E-state index contributed by atoms with van der Waals surface area (Å²) in [5.74, 6) is -0.822. The van der Waals surface area contributed by atoms with Crippen LogP contribution in [0.4, 0.5) is 13.2 Å². The standard InChI is InChI=1S/C14H16F3NO/c1-9-5-10(2)7-11(6-9)12(19)13(14(15,16)17)3-4-18-8-13/h5-7,18H,3-4,8H2,1-2H3. The van der Waals surface area contributed by atoms with Gasteiger partial charge in [-0.2, -0.15) is 13.2 Å². The molecule has 1 aromatic carbocycles. The van der Waals surface area contributed by atoms with Crippen LogP contribution in [0.1, 0.15) is 27.9 Å². The summed E-state index contributed by atoms with van der Waals surface area (Å²) in [6, 6.07) is 4.90. The maximum atomic E-state index is 13.3. The minimum absolute atomic E-state index is 0.151. The smallest absolute Gasteiger partial charge is 0.315 e. The summed E-state index contributed by atoms with van der Waals surface area (Å²) in [6.45, 7) is 3.44. The normalized spacial score (nSPS) is 23.6. The van der Waals surface area contributed by atoms with Gasteiger partial charge in [-0.25, -0.2) is 0 Å². The topological polar surface area (TPSA) is 29.1 Å². The predicted octanol–water partition coefficient (Wildman–Crippen LogP) is 3.03. The number of rotatable bonds is 2. The van der Waals surface area contributed by atoms with Crippen LogP contribution in [0.15, 0.2) is 18.2 Å². The SMILES string of the molecule is Cc1cc(C)cc(C(=O)C2(C(F)(F)F)CCNC2)c1. The molecule has 1 aliphatic heterocycles. The van der Waals surface area contributed by atoms with Gasteiger partial charge >= 0.3 is 6.18 Å². The summed E-state index contributed by atoms with van der Waals surface area (Å²) >= 11 is 0. The molecule has 1 N–H and O–H groups in total. The van der Waals surface area contributed by atoms with Gasteiger partial charge in [-0.05, 0) is 38.9 Å². The van der Waals surface area contributed by atoms with E-state index in [9.17, 15) is 18.0 Å². The van der Waals surface area contributed by atoms with Crippen LogP contribution in [0.2, 0.25) is 0 Å². The van der Waals surface area contributed by atoms with E-state index in [1.807, 2.05) is 6.07 Å². The number of benzene rings is 1. The van der Waals surface area contributed by atoms with E-state index in [0.717, 1.165) is 11.1 Å². The maximum absolute atomic E-state index is 13.3. The van der Waals surface area contributed by atoms with E-state index in [2.05, 4.69) is 5.32 Å². The molecule has 1 atom stereocenters. The number of hydrogen-bond donors (Lipinski definition) is 1. The van der Waals surface area contributed by atoms with Crippen molar-refractivity contribution in [2.24, 2.45) is 5.41 Å². The van der Waals surface area contributed by atoms with Gasteiger partial charge < -0.3 is 5.32 Å². The van der Waals surface area contributed by atoms with E-state index >= 15 is 0 Å². The lowest BCUT2D eigenvalue weighted by Gasteiger charge is -2.29. The molecule has 2 rings (SSSR count). The average molecular weight is 271 g/mol. The number of alkyl halides is 3. The third-order valence-electron chi connectivity index (χ3n) is 3.62. The first kappa shape index (κ1) is 14.1. The molecule has 1 aromatic rings. The van der Waals surface area contributed by atoms with Crippen LogP contribution in [0.3, 0.4) is 0 Å². The Balaban J connectivity index is 2.46. The molecular weight excluding hydrogens is 255 g/mol. The lowest BCUT2D eigenvalue weighted by Crippen LogP contribution is -2.46. The number of halogens is 3. The zero-order valence-electron chi connectivity index (χ0n) is 10.9. The molecule has 0 radical (unpaired) electrons. The van der Waals surface area contributed by atoms with Gasteiger partial charge in [0.15, 0.2) is 5.78 Å². The van der Waals surface area contributed by atoms with Crippen LogP contribution in [0.5, 0.6) is 0 Å². The van der Waals surface area contributed by atoms with Gasteiger partial charge in [0.2, 0.25) is 0 Å². The van der Waals surface area contributed by atoms with Gasteiger partial charge in [0.25, 0.3) is 0 Å². The highest BCUT2D eigenvalue weighted by atomic mass is 19.4. The number of Topliss-reactive ketones (excluding diaryl/α,β-unsaturated/α-hetero) is 1. The van der Waals surface area contributed by atoms with Gasteiger partial charge in [0, 0.05) is 12.1 Å². The molecule has 104 valence electrons. The number of carbonyl (C=O) groups is 1. The number of carbonyl (C=O) groups excluding carboxylic acids is 1. The Labute approximate surface area is 110 Å². The molecule has 0 amide bonds. The van der Waals surface area contributed by atoms with Gasteiger partial charge in [-0.1, -0.05) is 17.2 Å². The number of aryl methyl sites for hydroxylation is 2. The van der Waals surface area contributed by atoms with Gasteiger partial charge in [-0.3, -0.25) is 4.79 Å². The van der Waals surface area contributed by atoms with Crippen LogP contribution < -0.4 is 5.32 Å². The van der Waals surface area contributed by atoms with Gasteiger partial charge in [0.05, 0.1) is 0 Å². The Morgan fingerprint density at radius 1 is 1.21 bits per heavy atom. The van der Waals surface area contributed by atoms with Crippen molar-refractivity contribution < 1.29 is 18.0 Å². The molecule has 19 heavy (non-hydrogen) atoms. The highest BCUT2D eigenvalue weighted by molar-refractivity contribution is 6.01. The first-order valence-electron chi connectivity index (χ1n) is 6.17. The van der Waals surface area contributed by atoms with Crippen molar-refractivity contribution >= 4 is 5.78 Å². The second-order valence-electron chi connectivity index (χ2n) is 5.21. The number of nitrogens with one attached hydrogen (secondary N) is 1. The van der Waals surface area contributed by atoms with E-state index in [4.69, 9.17) is 0 Å². The molecule has 0 spiro atoms. The minimum atomic E-state index is -4.52. The predicted molar refractivity (Wildman–Crippen MR) is 66.2 cm³/mol. The number of hydrogen-bond acceptors (Lipinski definition) is 2. The van der Waals surface area contributed by atoms with Crippen molar-refractivity contribution in [1.82, 2.24) is 5.32 Å². The van der Waals surface area contributed by atoms with E-state index in [1.165, 1.54) is 12.1 Å². The highest BCUT2D eigenvalue weighted by Gasteiger charge is 2.61. The average Bonchev–Trinajstić information content (AvgIpc) is 2.76. The third kappa shape index (κ3) is 2.39. The Morgan fingerprint density at radius 2 is 1.79 bits per heavy atom. The molecular formula is C14H16F3NO. The molecule has 1 saturated heterocycles. The molecule has 1 aliphatic rings. The molecule has 0 aromatic heterocycles. The third-order valence-corrected chi connectivity index (χ3v) is 3.62.